The van der Waals surface area contributed by atoms with E-state index in [0.717, 1.165) is 0 Å². The lowest BCUT2D eigenvalue weighted by Gasteiger charge is -2.21. The topological polar surface area (TPSA) is 83.7 Å². The van der Waals surface area contributed by atoms with Crippen molar-refractivity contribution in [2.24, 2.45) is 5.73 Å². The summed E-state index contributed by atoms with van der Waals surface area (Å²) in [6.45, 7) is 2.25. The predicted molar refractivity (Wildman–Crippen MR) is 77.7 cm³/mol. The fourth-order valence-corrected chi connectivity index (χ4v) is 2.25. The van der Waals surface area contributed by atoms with Crippen molar-refractivity contribution < 1.29 is 14.4 Å². The van der Waals surface area contributed by atoms with Crippen LogP contribution in [0.4, 0.5) is 0 Å². The predicted octanol–water partition coefficient (Wildman–Crippen LogP) is 0.478. The zero-order valence-corrected chi connectivity index (χ0v) is 12.2. The quantitative estimate of drug-likeness (QED) is 0.799. The van der Waals surface area contributed by atoms with Gasteiger partial charge in [0, 0.05) is 32.6 Å². The number of hydrogen-bond acceptors (Lipinski definition) is 4. The molecule has 1 aliphatic rings. The van der Waals surface area contributed by atoms with E-state index >= 15 is 0 Å². The van der Waals surface area contributed by atoms with Crippen LogP contribution in [0.1, 0.15) is 34.1 Å². The molecule has 6 nitrogen and oxygen atoms in total. The van der Waals surface area contributed by atoms with Crippen LogP contribution in [0.2, 0.25) is 0 Å². The number of likely N-dealkylation sites (N-methyl/N-ethyl adjacent to an activating group) is 1. The Morgan fingerprint density at radius 1 is 1.24 bits per heavy atom. The van der Waals surface area contributed by atoms with Gasteiger partial charge in [-0.2, -0.15) is 0 Å². The molecule has 21 heavy (non-hydrogen) atoms. The first kappa shape index (κ1) is 15.2. The SMILES string of the molecule is CC(N)CC(=O)N(C)CCN1C(=O)c2ccccc2C1=O. The molecule has 0 saturated heterocycles. The lowest BCUT2D eigenvalue weighted by molar-refractivity contribution is -0.130. The summed E-state index contributed by atoms with van der Waals surface area (Å²) in [6, 6.07) is 6.53. The van der Waals surface area contributed by atoms with Gasteiger partial charge in [-0.15, -0.1) is 0 Å². The van der Waals surface area contributed by atoms with Gasteiger partial charge in [-0.05, 0) is 19.1 Å². The average Bonchev–Trinajstić information content (AvgIpc) is 2.68. The van der Waals surface area contributed by atoms with Gasteiger partial charge >= 0.3 is 0 Å². The molecule has 2 rings (SSSR count). The Morgan fingerprint density at radius 3 is 2.24 bits per heavy atom. The summed E-state index contributed by atoms with van der Waals surface area (Å²) in [5, 5.41) is 0. The number of nitrogens with zero attached hydrogens (tertiary/aromatic N) is 2. The van der Waals surface area contributed by atoms with Gasteiger partial charge in [0.05, 0.1) is 11.1 Å². The van der Waals surface area contributed by atoms with E-state index in [1.54, 1.807) is 38.2 Å². The Balaban J connectivity index is 1.98. The highest BCUT2D eigenvalue weighted by molar-refractivity contribution is 6.21. The van der Waals surface area contributed by atoms with Gasteiger partial charge in [-0.1, -0.05) is 12.1 Å². The van der Waals surface area contributed by atoms with Crippen LogP contribution in [0, 0.1) is 0 Å². The molecule has 1 aromatic rings. The molecular formula is C15H19N3O3. The molecule has 1 aromatic carbocycles. The molecule has 0 saturated carbocycles. The van der Waals surface area contributed by atoms with Crippen molar-refractivity contribution in [2.75, 3.05) is 20.1 Å². The van der Waals surface area contributed by atoms with Gasteiger partial charge in [-0.25, -0.2) is 0 Å². The maximum Gasteiger partial charge on any atom is 0.261 e. The van der Waals surface area contributed by atoms with Crippen molar-refractivity contribution in [3.05, 3.63) is 35.4 Å². The van der Waals surface area contributed by atoms with Gasteiger partial charge in [-0.3, -0.25) is 19.3 Å². The Bertz CT molecular complexity index is 548. The van der Waals surface area contributed by atoms with Crippen LogP contribution in [0.15, 0.2) is 24.3 Å². The second-order valence-electron chi connectivity index (χ2n) is 5.30. The van der Waals surface area contributed by atoms with E-state index in [4.69, 9.17) is 5.73 Å². The molecule has 1 atom stereocenters. The number of benzene rings is 1. The molecule has 6 heteroatoms. The highest BCUT2D eigenvalue weighted by Crippen LogP contribution is 2.21. The number of rotatable bonds is 5. The molecule has 0 aromatic heterocycles. The molecule has 112 valence electrons. The lowest BCUT2D eigenvalue weighted by Crippen LogP contribution is -2.40. The molecular weight excluding hydrogens is 270 g/mol. The monoisotopic (exact) mass is 289 g/mol. The molecule has 3 amide bonds. The smallest absolute Gasteiger partial charge is 0.261 e. The number of carbonyl (C=O) groups is 3. The van der Waals surface area contributed by atoms with Crippen LogP contribution in [0.3, 0.4) is 0 Å². The molecule has 0 bridgehead atoms. The zero-order valence-electron chi connectivity index (χ0n) is 12.2. The van der Waals surface area contributed by atoms with Crippen LogP contribution in [-0.2, 0) is 4.79 Å². The van der Waals surface area contributed by atoms with Gasteiger partial charge < -0.3 is 10.6 Å². The Morgan fingerprint density at radius 2 is 1.76 bits per heavy atom. The Labute approximate surface area is 123 Å². The fourth-order valence-electron chi connectivity index (χ4n) is 2.25. The second-order valence-corrected chi connectivity index (χ2v) is 5.30. The molecule has 0 fully saturated rings. The Kier molecular flexibility index (Phi) is 4.37. The summed E-state index contributed by atoms with van der Waals surface area (Å²) in [6.07, 6.45) is 0.249. The number of amides is 3. The fraction of sp³-hybridized carbons (Fsp3) is 0.400. The van der Waals surface area contributed by atoms with Crippen LogP contribution >= 0.6 is 0 Å². The highest BCUT2D eigenvalue weighted by Gasteiger charge is 2.34. The van der Waals surface area contributed by atoms with Crippen molar-refractivity contribution >= 4 is 17.7 Å². The van der Waals surface area contributed by atoms with E-state index in [9.17, 15) is 14.4 Å². The summed E-state index contributed by atoms with van der Waals surface area (Å²) in [5.41, 5.74) is 6.43. The van der Waals surface area contributed by atoms with E-state index < -0.39 is 0 Å². The summed E-state index contributed by atoms with van der Waals surface area (Å²) >= 11 is 0. The van der Waals surface area contributed by atoms with Crippen LogP contribution in [0.25, 0.3) is 0 Å². The molecule has 1 aliphatic heterocycles. The Hall–Kier alpha value is -2.21. The highest BCUT2D eigenvalue weighted by atomic mass is 16.2. The number of fused-ring (bicyclic) bond motifs is 1. The standard InChI is InChI=1S/C15H19N3O3/c1-10(16)9-13(19)17(2)7-8-18-14(20)11-5-3-4-6-12(11)15(18)21/h3-6,10H,7-9,16H2,1-2H3. The summed E-state index contributed by atoms with van der Waals surface area (Å²) in [5.74, 6) is -0.700. The molecule has 0 radical (unpaired) electrons. The maximum absolute atomic E-state index is 12.1. The number of carbonyl (C=O) groups excluding carboxylic acids is 3. The van der Waals surface area contributed by atoms with Crippen molar-refractivity contribution in [2.45, 2.75) is 19.4 Å². The molecule has 2 N–H and O–H groups in total. The summed E-state index contributed by atoms with van der Waals surface area (Å²) in [7, 11) is 1.64. The van der Waals surface area contributed by atoms with Crippen molar-refractivity contribution in [1.29, 1.82) is 0 Å². The maximum atomic E-state index is 12.1. The van der Waals surface area contributed by atoms with Crippen LogP contribution in [-0.4, -0.2) is 53.7 Å². The minimum atomic E-state index is -0.302. The van der Waals surface area contributed by atoms with Gasteiger partial charge in [0.15, 0.2) is 0 Å². The van der Waals surface area contributed by atoms with E-state index in [1.165, 1.54) is 9.80 Å². The second kappa shape index (κ2) is 6.05. The number of nitrogens with two attached hydrogens (primary N) is 1. The van der Waals surface area contributed by atoms with E-state index in [2.05, 4.69) is 0 Å². The minimum absolute atomic E-state index is 0.0957. The molecule has 1 unspecified atom stereocenters. The van der Waals surface area contributed by atoms with Crippen molar-refractivity contribution in [3.8, 4) is 0 Å². The first-order valence-corrected chi connectivity index (χ1v) is 6.86. The normalized spacial score (nSPS) is 15.1. The summed E-state index contributed by atoms with van der Waals surface area (Å²) in [4.78, 5) is 38.8. The average molecular weight is 289 g/mol. The zero-order chi connectivity index (χ0) is 15.6. The van der Waals surface area contributed by atoms with Crippen LogP contribution < -0.4 is 5.73 Å². The number of hydrogen-bond donors (Lipinski definition) is 1. The van der Waals surface area contributed by atoms with Gasteiger partial charge in [0.2, 0.25) is 5.91 Å². The third kappa shape index (κ3) is 3.11. The van der Waals surface area contributed by atoms with Crippen LogP contribution in [0.5, 0.6) is 0 Å². The van der Waals surface area contributed by atoms with E-state index in [1.807, 2.05) is 0 Å². The van der Waals surface area contributed by atoms with E-state index in [0.29, 0.717) is 17.7 Å². The first-order chi connectivity index (χ1) is 9.91. The van der Waals surface area contributed by atoms with Crippen molar-refractivity contribution in [1.82, 2.24) is 9.80 Å². The van der Waals surface area contributed by atoms with Gasteiger partial charge in [0.25, 0.3) is 11.8 Å². The lowest BCUT2D eigenvalue weighted by atomic mass is 10.1. The third-order valence-corrected chi connectivity index (χ3v) is 3.46. The third-order valence-electron chi connectivity index (χ3n) is 3.46. The largest absolute Gasteiger partial charge is 0.344 e. The summed E-state index contributed by atoms with van der Waals surface area (Å²) < 4.78 is 0. The van der Waals surface area contributed by atoms with Crippen molar-refractivity contribution in [3.63, 3.8) is 0 Å². The van der Waals surface area contributed by atoms with E-state index in [-0.39, 0.29) is 36.7 Å². The molecule has 0 aliphatic carbocycles. The minimum Gasteiger partial charge on any atom is -0.344 e. The molecule has 1 heterocycles. The number of imide groups is 1. The molecule has 0 spiro atoms. The first-order valence-electron chi connectivity index (χ1n) is 6.86. The van der Waals surface area contributed by atoms with Gasteiger partial charge in [0.1, 0.15) is 0 Å².